The molecule has 3 aromatic rings. The fraction of sp³-hybridized carbons (Fsp3) is 0.318. The summed E-state index contributed by atoms with van der Waals surface area (Å²) in [4.78, 5) is 14.3. The Labute approximate surface area is 177 Å². The number of anilines is 1. The molecular formula is C22H21BrClNO3. The lowest BCUT2D eigenvalue weighted by atomic mass is 10.0. The lowest BCUT2D eigenvalue weighted by molar-refractivity contribution is 0.289. The van der Waals surface area contributed by atoms with E-state index in [4.69, 9.17) is 20.8 Å². The molecule has 4 rings (SSSR count). The van der Waals surface area contributed by atoms with Gasteiger partial charge in [0.2, 0.25) is 0 Å². The zero-order chi connectivity index (χ0) is 19.8. The maximum Gasteiger partial charge on any atom is 0.336 e. The lowest BCUT2D eigenvalue weighted by Crippen LogP contribution is -2.32. The SMILES string of the molecule is CCCCc1cc(=O)oc2c3c(c(Cl)cc12)OCN(c1ccc(Br)c(C)c1)C3. The van der Waals surface area contributed by atoms with E-state index >= 15 is 0 Å². The van der Waals surface area contributed by atoms with Gasteiger partial charge in [0.1, 0.15) is 11.3 Å². The molecule has 0 aliphatic carbocycles. The van der Waals surface area contributed by atoms with Gasteiger partial charge in [0.05, 0.1) is 17.1 Å². The van der Waals surface area contributed by atoms with Crippen LogP contribution in [0.3, 0.4) is 0 Å². The second-order valence-electron chi connectivity index (χ2n) is 7.14. The van der Waals surface area contributed by atoms with Crippen molar-refractivity contribution in [3.8, 4) is 5.75 Å². The highest BCUT2D eigenvalue weighted by molar-refractivity contribution is 9.10. The average molecular weight is 463 g/mol. The van der Waals surface area contributed by atoms with Crippen molar-refractivity contribution in [1.82, 2.24) is 0 Å². The number of halogens is 2. The van der Waals surface area contributed by atoms with Gasteiger partial charge in [0.15, 0.2) is 6.73 Å². The van der Waals surface area contributed by atoms with Crippen LogP contribution in [0.25, 0.3) is 11.0 Å². The number of hydrogen-bond donors (Lipinski definition) is 0. The normalized spacial score (nSPS) is 13.5. The van der Waals surface area contributed by atoms with Crippen molar-refractivity contribution in [2.45, 2.75) is 39.7 Å². The summed E-state index contributed by atoms with van der Waals surface area (Å²) in [5.74, 6) is 0.607. The molecule has 0 saturated heterocycles. The Morgan fingerprint density at radius 3 is 2.82 bits per heavy atom. The molecule has 1 aliphatic heterocycles. The smallest absolute Gasteiger partial charge is 0.336 e. The quantitative estimate of drug-likeness (QED) is 0.432. The minimum atomic E-state index is -0.334. The number of nitrogens with zero attached hydrogens (tertiary/aromatic N) is 1. The number of benzene rings is 2. The molecule has 0 N–H and O–H groups in total. The van der Waals surface area contributed by atoms with Crippen LogP contribution in [0.4, 0.5) is 5.69 Å². The molecule has 0 unspecified atom stereocenters. The molecule has 0 saturated carbocycles. The Balaban J connectivity index is 1.83. The summed E-state index contributed by atoms with van der Waals surface area (Å²) < 4.78 is 12.7. The number of hydrogen-bond acceptors (Lipinski definition) is 4. The van der Waals surface area contributed by atoms with E-state index in [0.29, 0.717) is 29.6 Å². The van der Waals surface area contributed by atoms with E-state index in [2.05, 4.69) is 40.7 Å². The first kappa shape index (κ1) is 19.3. The molecule has 1 aliphatic rings. The summed E-state index contributed by atoms with van der Waals surface area (Å²) in [5, 5.41) is 1.45. The Morgan fingerprint density at radius 2 is 2.07 bits per heavy atom. The first-order chi connectivity index (χ1) is 13.5. The third kappa shape index (κ3) is 3.53. The molecule has 6 heteroatoms. The Bertz CT molecular complexity index is 1110. The summed E-state index contributed by atoms with van der Waals surface area (Å²) in [5.41, 5.74) is 4.24. The standard InChI is InChI=1S/C22H21BrClNO3/c1-3-4-5-14-9-20(26)28-21-16(14)10-19(24)22-17(21)11-25(12-27-22)15-6-7-18(23)13(2)8-15/h6-10H,3-5,11-12H2,1-2H3. The largest absolute Gasteiger partial charge is 0.471 e. The summed E-state index contributed by atoms with van der Waals surface area (Å²) in [6.07, 6.45) is 2.89. The van der Waals surface area contributed by atoms with Gasteiger partial charge in [0.25, 0.3) is 0 Å². The average Bonchev–Trinajstić information content (AvgIpc) is 2.69. The van der Waals surface area contributed by atoms with Gasteiger partial charge >= 0.3 is 5.63 Å². The topological polar surface area (TPSA) is 42.7 Å². The Morgan fingerprint density at radius 1 is 1.25 bits per heavy atom. The molecule has 0 spiro atoms. The van der Waals surface area contributed by atoms with E-state index < -0.39 is 0 Å². The highest BCUT2D eigenvalue weighted by Gasteiger charge is 2.25. The van der Waals surface area contributed by atoms with Gasteiger partial charge in [-0.3, -0.25) is 0 Å². The maximum absolute atomic E-state index is 12.2. The van der Waals surface area contributed by atoms with Gasteiger partial charge in [-0.05, 0) is 55.2 Å². The number of aryl methyl sites for hydroxylation is 2. The van der Waals surface area contributed by atoms with Crippen LogP contribution in [0.15, 0.2) is 44.0 Å². The number of rotatable bonds is 4. The van der Waals surface area contributed by atoms with E-state index in [1.165, 1.54) is 0 Å². The summed E-state index contributed by atoms with van der Waals surface area (Å²) >= 11 is 10.1. The van der Waals surface area contributed by atoms with Crippen molar-refractivity contribution >= 4 is 44.2 Å². The maximum atomic E-state index is 12.2. The summed E-state index contributed by atoms with van der Waals surface area (Å²) in [6.45, 7) is 5.14. The first-order valence-corrected chi connectivity index (χ1v) is 10.6. The van der Waals surface area contributed by atoms with Crippen molar-refractivity contribution in [3.05, 3.63) is 66.9 Å². The molecule has 2 heterocycles. The summed E-state index contributed by atoms with van der Waals surface area (Å²) in [7, 11) is 0. The number of fused-ring (bicyclic) bond motifs is 3. The van der Waals surface area contributed by atoms with E-state index in [0.717, 1.165) is 51.5 Å². The number of ether oxygens (including phenoxy) is 1. The van der Waals surface area contributed by atoms with Crippen LogP contribution in [-0.2, 0) is 13.0 Å². The van der Waals surface area contributed by atoms with Crippen LogP contribution >= 0.6 is 27.5 Å². The highest BCUT2D eigenvalue weighted by Crippen LogP contribution is 2.40. The summed E-state index contributed by atoms with van der Waals surface area (Å²) in [6, 6.07) is 9.62. The van der Waals surface area contributed by atoms with Gasteiger partial charge < -0.3 is 14.1 Å². The van der Waals surface area contributed by atoms with Crippen molar-refractivity contribution in [1.29, 1.82) is 0 Å². The van der Waals surface area contributed by atoms with Gasteiger partial charge in [-0.15, -0.1) is 0 Å². The van der Waals surface area contributed by atoms with E-state index in [9.17, 15) is 4.79 Å². The molecule has 4 nitrogen and oxygen atoms in total. The fourth-order valence-corrected chi connectivity index (χ4v) is 4.14. The molecule has 28 heavy (non-hydrogen) atoms. The second kappa shape index (κ2) is 7.80. The van der Waals surface area contributed by atoms with E-state index in [1.807, 2.05) is 18.2 Å². The van der Waals surface area contributed by atoms with Crippen molar-refractivity contribution in [2.75, 3.05) is 11.6 Å². The third-order valence-corrected chi connectivity index (χ3v) is 6.31. The van der Waals surface area contributed by atoms with Crippen LogP contribution in [0, 0.1) is 6.92 Å². The van der Waals surface area contributed by atoms with Gasteiger partial charge in [-0.25, -0.2) is 4.79 Å². The zero-order valence-corrected chi connectivity index (χ0v) is 18.2. The third-order valence-electron chi connectivity index (χ3n) is 5.14. The van der Waals surface area contributed by atoms with Crippen molar-refractivity contribution in [3.63, 3.8) is 0 Å². The van der Waals surface area contributed by atoms with Crippen LogP contribution in [0.2, 0.25) is 5.02 Å². The molecule has 1 aromatic heterocycles. The van der Waals surface area contributed by atoms with E-state index in [1.54, 1.807) is 6.07 Å². The molecule has 0 radical (unpaired) electrons. The van der Waals surface area contributed by atoms with Gasteiger partial charge in [-0.2, -0.15) is 0 Å². The first-order valence-electron chi connectivity index (χ1n) is 9.40. The Kier molecular flexibility index (Phi) is 5.39. The molecule has 0 bridgehead atoms. The minimum absolute atomic E-state index is 0.334. The molecule has 0 atom stereocenters. The van der Waals surface area contributed by atoms with E-state index in [-0.39, 0.29) is 5.63 Å². The molecule has 146 valence electrons. The fourth-order valence-electron chi connectivity index (χ4n) is 3.62. The second-order valence-corrected chi connectivity index (χ2v) is 8.40. The van der Waals surface area contributed by atoms with Crippen molar-refractivity contribution in [2.24, 2.45) is 0 Å². The van der Waals surface area contributed by atoms with Crippen molar-refractivity contribution < 1.29 is 9.15 Å². The Hall–Kier alpha value is -1.98. The van der Waals surface area contributed by atoms with Crippen LogP contribution < -0.4 is 15.3 Å². The van der Waals surface area contributed by atoms with Crippen LogP contribution in [0.1, 0.15) is 36.5 Å². The van der Waals surface area contributed by atoms with Crippen LogP contribution in [0.5, 0.6) is 5.75 Å². The minimum Gasteiger partial charge on any atom is -0.471 e. The van der Waals surface area contributed by atoms with Crippen LogP contribution in [-0.4, -0.2) is 6.73 Å². The van der Waals surface area contributed by atoms with Gasteiger partial charge in [0, 0.05) is 21.6 Å². The lowest BCUT2D eigenvalue weighted by Gasteiger charge is -2.32. The highest BCUT2D eigenvalue weighted by atomic mass is 79.9. The molecule has 0 amide bonds. The molecule has 0 fully saturated rings. The zero-order valence-electron chi connectivity index (χ0n) is 15.9. The molecular weight excluding hydrogens is 442 g/mol. The molecule has 2 aromatic carbocycles. The number of unbranched alkanes of at least 4 members (excludes halogenated alkanes) is 1. The predicted molar refractivity (Wildman–Crippen MR) is 117 cm³/mol. The monoisotopic (exact) mass is 461 g/mol. The predicted octanol–water partition coefficient (Wildman–Crippen LogP) is 6.22. The van der Waals surface area contributed by atoms with Gasteiger partial charge in [-0.1, -0.05) is 40.9 Å².